The van der Waals surface area contributed by atoms with Crippen LogP contribution >= 0.6 is 23.5 Å². The third-order valence-electron chi connectivity index (χ3n) is 3.81. The lowest BCUT2D eigenvalue weighted by molar-refractivity contribution is -0.142. The Bertz CT molecular complexity index is 606. The number of nitrogens with one attached hydrogen (secondary N) is 1. The van der Waals surface area contributed by atoms with Crippen molar-refractivity contribution in [3.8, 4) is 0 Å². The predicted octanol–water partition coefficient (Wildman–Crippen LogP) is 2.76. The quantitative estimate of drug-likeness (QED) is 0.646. The predicted molar refractivity (Wildman–Crippen MR) is 104 cm³/mol. The fourth-order valence-corrected chi connectivity index (χ4v) is 3.51. The van der Waals surface area contributed by atoms with Crippen molar-refractivity contribution in [2.24, 2.45) is 5.92 Å². The lowest BCUT2D eigenvalue weighted by Crippen LogP contribution is -2.45. The van der Waals surface area contributed by atoms with E-state index >= 15 is 0 Å². The molecular formula is C18H25NO4S2. The molecule has 2 N–H and O–H groups in total. The van der Waals surface area contributed by atoms with Gasteiger partial charge in [0.15, 0.2) is 5.12 Å². The van der Waals surface area contributed by atoms with Gasteiger partial charge < -0.3 is 10.4 Å². The zero-order valence-corrected chi connectivity index (χ0v) is 16.4. The molecule has 25 heavy (non-hydrogen) atoms. The van der Waals surface area contributed by atoms with Crippen molar-refractivity contribution in [2.75, 3.05) is 17.8 Å². The van der Waals surface area contributed by atoms with E-state index in [9.17, 15) is 19.5 Å². The number of carboxylic acids is 1. The smallest absolute Gasteiger partial charge is 0.326 e. The topological polar surface area (TPSA) is 83.5 Å². The minimum absolute atomic E-state index is 0.0558. The molecule has 0 aliphatic carbocycles. The van der Waals surface area contributed by atoms with Crippen molar-refractivity contribution < 1.29 is 19.5 Å². The van der Waals surface area contributed by atoms with E-state index in [0.29, 0.717) is 24.3 Å². The lowest BCUT2D eigenvalue weighted by atomic mass is 9.96. The number of amides is 1. The Kier molecular flexibility index (Phi) is 9.67. The lowest BCUT2D eigenvalue weighted by Gasteiger charge is -2.20. The fourth-order valence-electron chi connectivity index (χ4n) is 2.33. The number of aryl methyl sites for hydroxylation is 1. The molecule has 1 aromatic carbocycles. The summed E-state index contributed by atoms with van der Waals surface area (Å²) >= 11 is 2.63. The van der Waals surface area contributed by atoms with E-state index in [1.807, 2.05) is 37.4 Å². The molecule has 1 amide bonds. The summed E-state index contributed by atoms with van der Waals surface area (Å²) in [4.78, 5) is 35.3. The maximum Gasteiger partial charge on any atom is 0.326 e. The van der Waals surface area contributed by atoms with E-state index in [2.05, 4.69) is 5.32 Å². The Morgan fingerprint density at radius 2 is 1.92 bits per heavy atom. The number of aliphatic carboxylic acids is 1. The standard InChI is InChI=1S/C18H25NO4S2/c1-12-6-4-5-7-14(12)10-15(11-25-13(2)20)17(21)19-16(18(22)23)8-9-24-3/h4-7,15-16H,8-11H2,1-3H3,(H,19,21)(H,22,23)/t15?,16-/m0/s1. The van der Waals surface area contributed by atoms with Crippen LogP contribution in [0, 0.1) is 12.8 Å². The van der Waals surface area contributed by atoms with Gasteiger partial charge in [-0.3, -0.25) is 9.59 Å². The van der Waals surface area contributed by atoms with Gasteiger partial charge in [-0.25, -0.2) is 4.79 Å². The van der Waals surface area contributed by atoms with Crippen molar-refractivity contribution in [1.29, 1.82) is 0 Å². The average molecular weight is 384 g/mol. The van der Waals surface area contributed by atoms with Crippen LogP contribution in [-0.4, -0.2) is 45.9 Å². The summed E-state index contributed by atoms with van der Waals surface area (Å²) in [5, 5.41) is 11.9. The number of carboxylic acid groups (broad SMARTS) is 1. The Hall–Kier alpha value is -1.47. The summed E-state index contributed by atoms with van der Waals surface area (Å²) in [5.74, 6) is -0.806. The molecule has 1 aromatic rings. The van der Waals surface area contributed by atoms with E-state index in [1.165, 1.54) is 18.7 Å². The largest absolute Gasteiger partial charge is 0.480 e. The van der Waals surface area contributed by atoms with Crippen LogP contribution in [0.4, 0.5) is 0 Å². The maximum atomic E-state index is 12.6. The van der Waals surface area contributed by atoms with Gasteiger partial charge in [-0.15, -0.1) is 0 Å². The second-order valence-corrected chi connectivity index (χ2v) is 7.99. The van der Waals surface area contributed by atoms with Crippen molar-refractivity contribution in [2.45, 2.75) is 32.7 Å². The van der Waals surface area contributed by atoms with E-state index < -0.39 is 17.9 Å². The summed E-state index contributed by atoms with van der Waals surface area (Å²) in [5.41, 5.74) is 2.10. The molecule has 0 bridgehead atoms. The second-order valence-electron chi connectivity index (χ2n) is 5.81. The molecule has 0 saturated carbocycles. The third kappa shape index (κ3) is 7.96. The minimum atomic E-state index is -1.03. The van der Waals surface area contributed by atoms with Crippen LogP contribution in [0.2, 0.25) is 0 Å². The van der Waals surface area contributed by atoms with Gasteiger partial charge in [0, 0.05) is 12.7 Å². The summed E-state index contributed by atoms with van der Waals surface area (Å²) < 4.78 is 0. The number of rotatable bonds is 10. The first kappa shape index (κ1) is 21.6. The molecule has 0 heterocycles. The average Bonchev–Trinajstić information content (AvgIpc) is 2.56. The minimum Gasteiger partial charge on any atom is -0.480 e. The molecule has 1 unspecified atom stereocenters. The number of carbonyl (C=O) groups is 3. The summed E-state index contributed by atoms with van der Waals surface area (Å²) in [6.07, 6.45) is 2.75. The second kappa shape index (κ2) is 11.2. The highest BCUT2D eigenvalue weighted by atomic mass is 32.2. The van der Waals surface area contributed by atoms with Gasteiger partial charge in [-0.2, -0.15) is 11.8 Å². The maximum absolute atomic E-state index is 12.6. The Morgan fingerprint density at radius 1 is 1.24 bits per heavy atom. The highest BCUT2D eigenvalue weighted by molar-refractivity contribution is 8.13. The molecule has 0 fully saturated rings. The van der Waals surface area contributed by atoms with Crippen LogP contribution in [-0.2, 0) is 20.8 Å². The molecule has 0 spiro atoms. The van der Waals surface area contributed by atoms with E-state index in [4.69, 9.17) is 0 Å². The molecule has 138 valence electrons. The van der Waals surface area contributed by atoms with Crippen LogP contribution in [0.25, 0.3) is 0 Å². The Morgan fingerprint density at radius 3 is 2.48 bits per heavy atom. The van der Waals surface area contributed by atoms with Crippen LogP contribution in [0.5, 0.6) is 0 Å². The summed E-state index contributed by atoms with van der Waals surface area (Å²) in [6.45, 7) is 3.44. The Labute approximate surface area is 157 Å². The Balaban J connectivity index is 2.85. The number of thioether (sulfide) groups is 2. The van der Waals surface area contributed by atoms with E-state index in [1.54, 1.807) is 0 Å². The molecule has 7 heteroatoms. The molecule has 0 aliphatic heterocycles. The third-order valence-corrected chi connectivity index (χ3v) is 5.43. The van der Waals surface area contributed by atoms with E-state index in [-0.39, 0.29) is 11.0 Å². The van der Waals surface area contributed by atoms with Gasteiger partial charge >= 0.3 is 5.97 Å². The van der Waals surface area contributed by atoms with Gasteiger partial charge in [0.1, 0.15) is 6.04 Å². The fraction of sp³-hybridized carbons (Fsp3) is 0.500. The molecule has 0 aliphatic rings. The van der Waals surface area contributed by atoms with Crippen LogP contribution in [0.3, 0.4) is 0 Å². The molecule has 0 radical (unpaired) electrons. The van der Waals surface area contributed by atoms with Gasteiger partial charge in [-0.1, -0.05) is 36.0 Å². The van der Waals surface area contributed by atoms with Crippen LogP contribution in [0.15, 0.2) is 24.3 Å². The first-order valence-electron chi connectivity index (χ1n) is 8.05. The zero-order chi connectivity index (χ0) is 18.8. The highest BCUT2D eigenvalue weighted by Crippen LogP contribution is 2.19. The van der Waals surface area contributed by atoms with Crippen molar-refractivity contribution in [3.05, 3.63) is 35.4 Å². The normalized spacial score (nSPS) is 13.1. The van der Waals surface area contributed by atoms with Crippen molar-refractivity contribution >= 4 is 40.5 Å². The molecule has 5 nitrogen and oxygen atoms in total. The number of benzene rings is 1. The zero-order valence-electron chi connectivity index (χ0n) is 14.8. The molecule has 0 aromatic heterocycles. The molecular weight excluding hydrogens is 358 g/mol. The number of hydrogen-bond acceptors (Lipinski definition) is 5. The highest BCUT2D eigenvalue weighted by Gasteiger charge is 2.26. The monoisotopic (exact) mass is 383 g/mol. The van der Waals surface area contributed by atoms with Gasteiger partial charge in [0.2, 0.25) is 5.91 Å². The summed E-state index contributed by atoms with van der Waals surface area (Å²) in [6, 6.07) is 6.87. The first-order chi connectivity index (χ1) is 11.8. The van der Waals surface area contributed by atoms with Crippen LogP contribution in [0.1, 0.15) is 24.5 Å². The SMILES string of the molecule is CSCC[C@H](NC(=O)C(CSC(C)=O)Cc1ccccc1C)C(=O)O. The number of hydrogen-bond donors (Lipinski definition) is 2. The van der Waals surface area contributed by atoms with Gasteiger partial charge in [0.05, 0.1) is 5.92 Å². The van der Waals surface area contributed by atoms with Crippen LogP contribution < -0.4 is 5.32 Å². The first-order valence-corrected chi connectivity index (χ1v) is 10.4. The molecule has 1 rings (SSSR count). The molecule has 0 saturated heterocycles. The molecule has 2 atom stereocenters. The van der Waals surface area contributed by atoms with Crippen molar-refractivity contribution in [3.63, 3.8) is 0 Å². The summed E-state index contributed by atoms with van der Waals surface area (Å²) in [7, 11) is 0. The van der Waals surface area contributed by atoms with E-state index in [0.717, 1.165) is 22.9 Å². The van der Waals surface area contributed by atoms with Gasteiger partial charge in [0.25, 0.3) is 0 Å². The number of carbonyl (C=O) groups excluding carboxylic acids is 2. The van der Waals surface area contributed by atoms with Crippen molar-refractivity contribution in [1.82, 2.24) is 5.32 Å². The van der Waals surface area contributed by atoms with Gasteiger partial charge in [-0.05, 0) is 42.9 Å².